The largest absolute Gasteiger partial charge is 0.497 e. The summed E-state index contributed by atoms with van der Waals surface area (Å²) in [5, 5.41) is 32.6. The van der Waals surface area contributed by atoms with E-state index in [2.05, 4.69) is 10.2 Å². The predicted molar refractivity (Wildman–Crippen MR) is 149 cm³/mol. The number of amides is 1. The molecule has 15 nitrogen and oxygen atoms in total. The summed E-state index contributed by atoms with van der Waals surface area (Å²) in [4.78, 5) is 53.3. The average molecular weight is 594 g/mol. The number of benzene rings is 2. The van der Waals surface area contributed by atoms with Crippen LogP contribution in [0.3, 0.4) is 0 Å². The number of carbonyl (C=O) groups excluding carboxylic acids is 1. The molecule has 1 amide bonds. The molecule has 5 N–H and O–H groups in total. The summed E-state index contributed by atoms with van der Waals surface area (Å²) < 4.78 is 16.3. The van der Waals surface area contributed by atoms with E-state index in [9.17, 15) is 4.79 Å². The van der Waals surface area contributed by atoms with E-state index in [-0.39, 0.29) is 11.9 Å². The molecule has 1 unspecified atom stereocenters. The lowest BCUT2D eigenvalue weighted by Crippen LogP contribution is -2.41. The number of anilines is 2. The van der Waals surface area contributed by atoms with Crippen molar-refractivity contribution >= 4 is 41.2 Å². The van der Waals surface area contributed by atoms with Gasteiger partial charge < -0.3 is 44.9 Å². The smallest absolute Gasteiger partial charge is 0.414 e. The molecule has 0 spiro atoms. The fourth-order valence-corrected chi connectivity index (χ4v) is 3.20. The van der Waals surface area contributed by atoms with Gasteiger partial charge in [0.15, 0.2) is 0 Å². The topological polar surface area (TPSA) is 212 Å². The van der Waals surface area contributed by atoms with Gasteiger partial charge in [0.2, 0.25) is 5.91 Å². The minimum absolute atomic E-state index is 0.0407. The first-order valence-corrected chi connectivity index (χ1v) is 12.5. The number of carboxylic acid groups (broad SMARTS) is 4. The van der Waals surface area contributed by atoms with Crippen LogP contribution in [0.2, 0.25) is 0 Å². The molecule has 0 aliphatic carbocycles. The van der Waals surface area contributed by atoms with Crippen molar-refractivity contribution in [3.05, 3.63) is 48.5 Å². The van der Waals surface area contributed by atoms with E-state index < -0.39 is 23.9 Å². The van der Waals surface area contributed by atoms with Crippen molar-refractivity contribution in [3.8, 4) is 11.5 Å². The standard InChI is InChI=1S/C23H31N3O4.2C2H2O4/c1-18(25(2)12-17-30-22-10-8-21(28-3)9-11-22)23(27)24-19-4-6-20(7-5-19)26-13-15-29-16-14-26;2*3-1(4)2(5)6/h4-11,18H,12-17H2,1-3H3,(H,24,27);2*(H,3,4)(H,5,6). The number of aliphatic carboxylic acids is 4. The van der Waals surface area contributed by atoms with Gasteiger partial charge in [-0.2, -0.15) is 0 Å². The molecule has 15 heteroatoms. The molecule has 42 heavy (non-hydrogen) atoms. The molecule has 2 aromatic rings. The van der Waals surface area contributed by atoms with Crippen molar-refractivity contribution < 1.29 is 58.6 Å². The number of likely N-dealkylation sites (N-methyl/N-ethyl adjacent to an activating group) is 1. The van der Waals surface area contributed by atoms with Gasteiger partial charge >= 0.3 is 23.9 Å². The van der Waals surface area contributed by atoms with Gasteiger partial charge in [0, 0.05) is 31.0 Å². The maximum atomic E-state index is 12.6. The number of methoxy groups -OCH3 is 1. The van der Waals surface area contributed by atoms with Gasteiger partial charge in [-0.3, -0.25) is 9.69 Å². The summed E-state index contributed by atoms with van der Waals surface area (Å²) in [5.41, 5.74) is 1.95. The van der Waals surface area contributed by atoms with Crippen LogP contribution in [-0.2, 0) is 28.7 Å². The molecule has 0 radical (unpaired) electrons. The Morgan fingerprint density at radius 2 is 1.33 bits per heavy atom. The number of nitrogens with one attached hydrogen (secondary N) is 1. The maximum Gasteiger partial charge on any atom is 0.414 e. The molecule has 2 aromatic carbocycles. The molecule has 0 aromatic heterocycles. The monoisotopic (exact) mass is 593 g/mol. The van der Waals surface area contributed by atoms with Gasteiger partial charge in [0.25, 0.3) is 0 Å². The lowest BCUT2D eigenvalue weighted by Gasteiger charge is -2.29. The zero-order chi connectivity index (χ0) is 31.7. The normalized spacial score (nSPS) is 12.8. The third kappa shape index (κ3) is 13.5. The molecule has 230 valence electrons. The summed E-state index contributed by atoms with van der Waals surface area (Å²) >= 11 is 0. The lowest BCUT2D eigenvalue weighted by molar-refractivity contribution is -0.159. The Balaban J connectivity index is 0.000000618. The van der Waals surface area contributed by atoms with Crippen LogP contribution in [0.15, 0.2) is 48.5 Å². The number of nitrogens with zero attached hydrogens (tertiary/aromatic N) is 2. The van der Waals surface area contributed by atoms with Crippen LogP contribution >= 0.6 is 0 Å². The zero-order valence-electron chi connectivity index (χ0n) is 23.4. The van der Waals surface area contributed by atoms with Gasteiger partial charge in [-0.25, -0.2) is 19.2 Å². The van der Waals surface area contributed by atoms with Crippen molar-refractivity contribution in [2.75, 3.05) is 63.8 Å². The van der Waals surface area contributed by atoms with E-state index in [0.29, 0.717) is 13.2 Å². The highest BCUT2D eigenvalue weighted by Crippen LogP contribution is 2.20. The first-order chi connectivity index (χ1) is 19.8. The third-order valence-corrected chi connectivity index (χ3v) is 5.69. The SMILES string of the molecule is COc1ccc(OCCN(C)C(C)C(=O)Nc2ccc(N3CCOCC3)cc2)cc1.O=C(O)C(=O)O.O=C(O)C(=O)O. The Morgan fingerprint density at radius 3 is 1.79 bits per heavy atom. The summed E-state index contributed by atoms with van der Waals surface area (Å²) in [6.45, 7) is 6.32. The number of carbonyl (C=O) groups is 5. The minimum Gasteiger partial charge on any atom is -0.497 e. The van der Waals surface area contributed by atoms with E-state index in [1.165, 1.54) is 0 Å². The Bertz CT molecular complexity index is 1120. The summed E-state index contributed by atoms with van der Waals surface area (Å²) in [6, 6.07) is 15.2. The molecule has 1 fully saturated rings. The first-order valence-electron chi connectivity index (χ1n) is 12.5. The van der Waals surface area contributed by atoms with E-state index >= 15 is 0 Å². The third-order valence-electron chi connectivity index (χ3n) is 5.69. The maximum absolute atomic E-state index is 12.6. The fraction of sp³-hybridized carbons (Fsp3) is 0.370. The Kier molecular flexibility index (Phi) is 15.4. The second-order valence-electron chi connectivity index (χ2n) is 8.54. The van der Waals surface area contributed by atoms with Crippen LogP contribution in [0.1, 0.15) is 6.92 Å². The molecule has 1 saturated heterocycles. The molecule has 3 rings (SSSR count). The number of hydrogen-bond acceptors (Lipinski definition) is 10. The molecule has 1 heterocycles. The Labute approximate surface area is 241 Å². The molecule has 1 aliphatic rings. The number of rotatable bonds is 9. The highest BCUT2D eigenvalue weighted by molar-refractivity contribution is 6.27. The molecule has 1 aliphatic heterocycles. The van der Waals surface area contributed by atoms with Crippen LogP contribution in [0.5, 0.6) is 11.5 Å². The Morgan fingerprint density at radius 1 is 0.857 bits per heavy atom. The molecule has 0 bridgehead atoms. The second kappa shape index (κ2) is 18.5. The number of hydrogen-bond donors (Lipinski definition) is 5. The van der Waals surface area contributed by atoms with Gasteiger partial charge in [-0.15, -0.1) is 0 Å². The number of morpholine rings is 1. The quantitative estimate of drug-likeness (QED) is 0.258. The van der Waals surface area contributed by atoms with Gasteiger partial charge in [0.05, 0.1) is 26.4 Å². The van der Waals surface area contributed by atoms with Crippen molar-refractivity contribution in [3.63, 3.8) is 0 Å². The number of ether oxygens (including phenoxy) is 3. The summed E-state index contributed by atoms with van der Waals surface area (Å²) in [6.07, 6.45) is 0. The average Bonchev–Trinajstić information content (AvgIpc) is 2.98. The highest BCUT2D eigenvalue weighted by atomic mass is 16.5. The van der Waals surface area contributed by atoms with Crippen molar-refractivity contribution in [1.29, 1.82) is 0 Å². The van der Waals surface area contributed by atoms with Crippen molar-refractivity contribution in [2.45, 2.75) is 13.0 Å². The van der Waals surface area contributed by atoms with Crippen LogP contribution in [0.4, 0.5) is 11.4 Å². The molecule has 0 saturated carbocycles. The molecule has 1 atom stereocenters. The summed E-state index contributed by atoms with van der Waals surface area (Å²) in [5.74, 6) is -5.76. The van der Waals surface area contributed by atoms with Crippen LogP contribution in [0.25, 0.3) is 0 Å². The van der Waals surface area contributed by atoms with Crippen molar-refractivity contribution in [1.82, 2.24) is 4.90 Å². The van der Waals surface area contributed by atoms with E-state index in [1.54, 1.807) is 7.11 Å². The van der Waals surface area contributed by atoms with Gasteiger partial charge in [-0.05, 0) is 62.5 Å². The van der Waals surface area contributed by atoms with E-state index in [1.807, 2.05) is 67.4 Å². The zero-order valence-corrected chi connectivity index (χ0v) is 23.4. The first kappa shape index (κ1) is 35.1. The summed E-state index contributed by atoms with van der Waals surface area (Å²) in [7, 11) is 3.55. The lowest BCUT2D eigenvalue weighted by atomic mass is 10.2. The highest BCUT2D eigenvalue weighted by Gasteiger charge is 2.18. The van der Waals surface area contributed by atoms with Crippen LogP contribution in [-0.4, -0.2) is 115 Å². The Hall–Kier alpha value is -4.89. The second-order valence-corrected chi connectivity index (χ2v) is 8.54. The molecular weight excluding hydrogens is 558 g/mol. The number of carboxylic acids is 4. The van der Waals surface area contributed by atoms with Gasteiger partial charge in [-0.1, -0.05) is 0 Å². The van der Waals surface area contributed by atoms with E-state index in [0.717, 1.165) is 49.2 Å². The fourth-order valence-electron chi connectivity index (χ4n) is 3.20. The van der Waals surface area contributed by atoms with Gasteiger partial charge in [0.1, 0.15) is 18.1 Å². The minimum atomic E-state index is -1.82. The van der Waals surface area contributed by atoms with Crippen LogP contribution < -0.4 is 19.7 Å². The van der Waals surface area contributed by atoms with E-state index in [4.69, 9.17) is 53.8 Å². The van der Waals surface area contributed by atoms with Crippen LogP contribution in [0, 0.1) is 0 Å². The van der Waals surface area contributed by atoms with Crippen molar-refractivity contribution in [2.24, 2.45) is 0 Å². The predicted octanol–water partition coefficient (Wildman–Crippen LogP) is 1.18. The molecular formula is C27H35N3O12.